The average molecular weight is 266 g/mol. The Morgan fingerprint density at radius 2 is 2.32 bits per heavy atom. The highest BCUT2D eigenvalue weighted by Gasteiger charge is 2.20. The molecule has 1 fully saturated rings. The van der Waals surface area contributed by atoms with Crippen LogP contribution in [0.2, 0.25) is 0 Å². The summed E-state index contributed by atoms with van der Waals surface area (Å²) in [6, 6.07) is 2.91. The van der Waals surface area contributed by atoms with Crippen LogP contribution in [0.4, 0.5) is 17.3 Å². The zero-order valence-corrected chi connectivity index (χ0v) is 10.7. The number of aromatic nitrogens is 1. The Hall–Kier alpha value is -1.89. The molecule has 0 unspecified atom stereocenters. The summed E-state index contributed by atoms with van der Waals surface area (Å²) in [5.74, 6) is 1.26. The van der Waals surface area contributed by atoms with Crippen LogP contribution < -0.4 is 11.1 Å². The maximum Gasteiger partial charge on any atom is 0.311 e. The quantitative estimate of drug-likeness (QED) is 0.422. The molecule has 0 amide bonds. The summed E-state index contributed by atoms with van der Waals surface area (Å²) < 4.78 is 5.50. The summed E-state index contributed by atoms with van der Waals surface area (Å²) in [5, 5.41) is 13.6. The van der Waals surface area contributed by atoms with Gasteiger partial charge in [-0.3, -0.25) is 10.1 Å². The van der Waals surface area contributed by atoms with Crippen molar-refractivity contribution in [2.75, 3.05) is 30.8 Å². The van der Waals surface area contributed by atoms with Crippen LogP contribution in [0.3, 0.4) is 0 Å². The lowest BCUT2D eigenvalue weighted by Gasteiger charge is -2.06. The van der Waals surface area contributed by atoms with Crippen molar-refractivity contribution < 1.29 is 9.66 Å². The van der Waals surface area contributed by atoms with Gasteiger partial charge in [0.2, 0.25) is 5.82 Å². The number of nitrogen functional groups attached to an aromatic ring is 1. The molecule has 0 aromatic carbocycles. The topological polar surface area (TPSA) is 103 Å². The molecular weight excluding hydrogens is 248 g/mol. The van der Waals surface area contributed by atoms with Gasteiger partial charge in [0, 0.05) is 25.8 Å². The van der Waals surface area contributed by atoms with Crippen molar-refractivity contribution in [3.63, 3.8) is 0 Å². The number of nitrogens with zero attached hydrogens (tertiary/aromatic N) is 2. The molecule has 2 rings (SSSR count). The van der Waals surface area contributed by atoms with Gasteiger partial charge in [-0.2, -0.15) is 0 Å². The van der Waals surface area contributed by atoms with Gasteiger partial charge in [0.25, 0.3) is 0 Å². The molecule has 1 heterocycles. The zero-order valence-electron chi connectivity index (χ0n) is 10.7. The minimum Gasteiger partial charge on any atom is -0.381 e. The van der Waals surface area contributed by atoms with Crippen LogP contribution in [0.25, 0.3) is 0 Å². The van der Waals surface area contributed by atoms with Crippen molar-refractivity contribution >= 4 is 17.3 Å². The molecule has 0 aliphatic heterocycles. The van der Waals surface area contributed by atoms with E-state index in [0.717, 1.165) is 18.9 Å². The van der Waals surface area contributed by atoms with E-state index in [1.807, 2.05) is 0 Å². The van der Waals surface area contributed by atoms with Crippen molar-refractivity contribution in [3.05, 3.63) is 22.2 Å². The van der Waals surface area contributed by atoms with E-state index < -0.39 is 4.92 Å². The third-order valence-corrected chi connectivity index (χ3v) is 2.92. The van der Waals surface area contributed by atoms with Crippen LogP contribution in [0.1, 0.15) is 19.3 Å². The molecule has 0 bridgehead atoms. The van der Waals surface area contributed by atoms with Gasteiger partial charge in [0.05, 0.1) is 4.92 Å². The Labute approximate surface area is 111 Å². The van der Waals surface area contributed by atoms with Gasteiger partial charge in [0.15, 0.2) is 0 Å². The number of anilines is 2. The minimum absolute atomic E-state index is 0.0695. The first-order chi connectivity index (χ1) is 9.16. The van der Waals surface area contributed by atoms with Crippen LogP contribution in [0, 0.1) is 16.0 Å². The van der Waals surface area contributed by atoms with Crippen molar-refractivity contribution in [2.24, 2.45) is 5.92 Å². The molecule has 1 aromatic rings. The standard InChI is InChI=1S/C12H18N4O3/c13-12-10(16(17)18)4-5-11(15-12)14-6-1-7-19-8-9-2-3-9/h4-5,9H,1-3,6-8H2,(H3,13,14,15). The lowest BCUT2D eigenvalue weighted by atomic mass is 10.3. The fourth-order valence-corrected chi connectivity index (χ4v) is 1.65. The number of hydrogen-bond donors (Lipinski definition) is 2. The van der Waals surface area contributed by atoms with Gasteiger partial charge in [0.1, 0.15) is 5.82 Å². The largest absolute Gasteiger partial charge is 0.381 e. The van der Waals surface area contributed by atoms with Gasteiger partial charge in [-0.25, -0.2) is 4.98 Å². The number of nitro groups is 1. The molecule has 1 aliphatic carbocycles. The smallest absolute Gasteiger partial charge is 0.311 e. The molecule has 7 heteroatoms. The molecular formula is C12H18N4O3. The molecule has 104 valence electrons. The molecule has 7 nitrogen and oxygen atoms in total. The predicted molar refractivity (Wildman–Crippen MR) is 72.0 cm³/mol. The fraction of sp³-hybridized carbons (Fsp3) is 0.583. The molecule has 3 N–H and O–H groups in total. The summed E-state index contributed by atoms with van der Waals surface area (Å²) in [4.78, 5) is 14.0. The lowest BCUT2D eigenvalue weighted by Crippen LogP contribution is -2.09. The minimum atomic E-state index is -0.544. The Bertz CT molecular complexity index is 449. The van der Waals surface area contributed by atoms with E-state index >= 15 is 0 Å². The van der Waals surface area contributed by atoms with Crippen LogP contribution >= 0.6 is 0 Å². The molecule has 0 saturated heterocycles. The Morgan fingerprint density at radius 1 is 1.53 bits per heavy atom. The van der Waals surface area contributed by atoms with Gasteiger partial charge < -0.3 is 15.8 Å². The summed E-state index contributed by atoms with van der Waals surface area (Å²) >= 11 is 0. The maximum absolute atomic E-state index is 10.6. The van der Waals surface area contributed by atoms with E-state index in [1.165, 1.54) is 18.9 Å². The first-order valence-electron chi connectivity index (χ1n) is 6.39. The molecule has 1 saturated carbocycles. The van der Waals surface area contributed by atoms with Crippen LogP contribution in [0.15, 0.2) is 12.1 Å². The van der Waals surface area contributed by atoms with Gasteiger partial charge in [-0.15, -0.1) is 0 Å². The number of rotatable bonds is 8. The van der Waals surface area contributed by atoms with E-state index in [4.69, 9.17) is 10.5 Å². The molecule has 19 heavy (non-hydrogen) atoms. The first kappa shape index (κ1) is 13.5. The third kappa shape index (κ3) is 4.36. The van der Waals surface area contributed by atoms with Crippen LogP contribution in [0.5, 0.6) is 0 Å². The molecule has 0 radical (unpaired) electrons. The highest BCUT2D eigenvalue weighted by atomic mass is 16.6. The normalized spacial score (nSPS) is 14.3. The molecule has 0 atom stereocenters. The van der Waals surface area contributed by atoms with E-state index in [0.29, 0.717) is 19.0 Å². The second-order valence-electron chi connectivity index (χ2n) is 4.66. The summed E-state index contributed by atoms with van der Waals surface area (Å²) in [6.07, 6.45) is 3.46. The number of ether oxygens (including phenoxy) is 1. The maximum atomic E-state index is 10.6. The Morgan fingerprint density at radius 3 is 2.95 bits per heavy atom. The second-order valence-corrected chi connectivity index (χ2v) is 4.66. The summed E-state index contributed by atoms with van der Waals surface area (Å²) in [5.41, 5.74) is 5.33. The zero-order chi connectivity index (χ0) is 13.7. The van der Waals surface area contributed by atoms with E-state index in [-0.39, 0.29) is 11.5 Å². The van der Waals surface area contributed by atoms with E-state index in [2.05, 4.69) is 10.3 Å². The van der Waals surface area contributed by atoms with Crippen molar-refractivity contribution in [2.45, 2.75) is 19.3 Å². The van der Waals surface area contributed by atoms with E-state index in [1.54, 1.807) is 6.07 Å². The van der Waals surface area contributed by atoms with Gasteiger partial charge >= 0.3 is 5.69 Å². The van der Waals surface area contributed by atoms with Crippen molar-refractivity contribution in [1.29, 1.82) is 0 Å². The summed E-state index contributed by atoms with van der Waals surface area (Å²) in [7, 11) is 0. The van der Waals surface area contributed by atoms with E-state index in [9.17, 15) is 10.1 Å². The highest BCUT2D eigenvalue weighted by molar-refractivity contribution is 5.57. The monoisotopic (exact) mass is 266 g/mol. The fourth-order valence-electron chi connectivity index (χ4n) is 1.65. The van der Waals surface area contributed by atoms with Crippen molar-refractivity contribution in [1.82, 2.24) is 4.98 Å². The number of pyridine rings is 1. The van der Waals surface area contributed by atoms with Gasteiger partial charge in [-0.05, 0) is 31.2 Å². The lowest BCUT2D eigenvalue weighted by molar-refractivity contribution is -0.384. The predicted octanol–water partition coefficient (Wildman–Crippen LogP) is 1.80. The molecule has 1 aromatic heterocycles. The Balaban J connectivity index is 1.67. The number of hydrogen-bond acceptors (Lipinski definition) is 6. The third-order valence-electron chi connectivity index (χ3n) is 2.92. The summed E-state index contributed by atoms with van der Waals surface area (Å²) in [6.45, 7) is 2.28. The van der Waals surface area contributed by atoms with Gasteiger partial charge in [-0.1, -0.05) is 0 Å². The average Bonchev–Trinajstić information content (AvgIpc) is 3.17. The Kier molecular flexibility index (Phi) is 4.51. The first-order valence-corrected chi connectivity index (χ1v) is 6.39. The second kappa shape index (κ2) is 6.33. The molecule has 1 aliphatic rings. The van der Waals surface area contributed by atoms with Crippen molar-refractivity contribution in [3.8, 4) is 0 Å². The number of nitrogens with one attached hydrogen (secondary N) is 1. The highest BCUT2D eigenvalue weighted by Crippen LogP contribution is 2.28. The van der Waals surface area contributed by atoms with Crippen LogP contribution in [-0.2, 0) is 4.74 Å². The molecule has 0 spiro atoms. The van der Waals surface area contributed by atoms with Crippen LogP contribution in [-0.4, -0.2) is 29.7 Å². The number of nitrogens with two attached hydrogens (primary N) is 1. The SMILES string of the molecule is Nc1nc(NCCCOCC2CC2)ccc1[N+](=O)[O-].